The summed E-state index contributed by atoms with van der Waals surface area (Å²) in [4.78, 5) is 22.4. The molecule has 0 aliphatic carbocycles. The molecule has 1 fully saturated rings. The number of hydrogen-bond acceptors (Lipinski definition) is 4. The Kier molecular flexibility index (Phi) is 4.24. The first-order chi connectivity index (χ1) is 8.58. The fourth-order valence-electron chi connectivity index (χ4n) is 2.44. The molecule has 1 saturated heterocycles. The minimum Gasteiger partial charge on any atom is -0.355 e. The molecule has 100 valence electrons. The van der Waals surface area contributed by atoms with Gasteiger partial charge in [-0.15, -0.1) is 0 Å². The van der Waals surface area contributed by atoms with Crippen molar-refractivity contribution >= 4 is 17.4 Å². The third-order valence-electron chi connectivity index (χ3n) is 3.32. The van der Waals surface area contributed by atoms with Crippen LogP contribution in [0.4, 0.5) is 5.82 Å². The molecule has 0 amide bonds. The van der Waals surface area contributed by atoms with E-state index >= 15 is 0 Å². The van der Waals surface area contributed by atoms with Crippen molar-refractivity contribution < 1.29 is 0 Å². The average Bonchev–Trinajstić information content (AvgIpc) is 2.33. The molecule has 0 aromatic carbocycles. The molecule has 0 radical (unpaired) electrons. The highest BCUT2D eigenvalue weighted by Crippen LogP contribution is 2.25. The van der Waals surface area contributed by atoms with Crippen molar-refractivity contribution in [2.24, 2.45) is 5.92 Å². The molecular formula is C12H19ClN4O. The Morgan fingerprint density at radius 1 is 1.50 bits per heavy atom. The Labute approximate surface area is 112 Å². The van der Waals surface area contributed by atoms with E-state index in [9.17, 15) is 4.79 Å². The van der Waals surface area contributed by atoms with Crippen molar-refractivity contribution in [2.45, 2.75) is 12.8 Å². The predicted molar refractivity (Wildman–Crippen MR) is 73.4 cm³/mol. The third kappa shape index (κ3) is 3.03. The highest BCUT2D eigenvalue weighted by atomic mass is 35.5. The molecule has 1 aliphatic rings. The van der Waals surface area contributed by atoms with Gasteiger partial charge in [-0.3, -0.25) is 4.79 Å². The molecule has 0 saturated carbocycles. The van der Waals surface area contributed by atoms with E-state index in [2.05, 4.69) is 33.9 Å². The zero-order valence-corrected chi connectivity index (χ0v) is 11.6. The third-order valence-corrected chi connectivity index (χ3v) is 3.66. The maximum Gasteiger partial charge on any atom is 0.271 e. The highest BCUT2D eigenvalue weighted by Gasteiger charge is 2.22. The summed E-state index contributed by atoms with van der Waals surface area (Å²) in [6.45, 7) is 2.94. The lowest BCUT2D eigenvalue weighted by atomic mass is 9.96. The Hall–Kier alpha value is -1.07. The van der Waals surface area contributed by atoms with Crippen molar-refractivity contribution in [1.29, 1.82) is 0 Å². The van der Waals surface area contributed by atoms with Gasteiger partial charge >= 0.3 is 0 Å². The van der Waals surface area contributed by atoms with Gasteiger partial charge in [-0.2, -0.15) is 0 Å². The van der Waals surface area contributed by atoms with Crippen LogP contribution in [0.3, 0.4) is 0 Å². The van der Waals surface area contributed by atoms with Gasteiger partial charge in [-0.05, 0) is 32.9 Å². The highest BCUT2D eigenvalue weighted by molar-refractivity contribution is 6.32. The van der Waals surface area contributed by atoms with Gasteiger partial charge in [0.05, 0.1) is 6.33 Å². The van der Waals surface area contributed by atoms with Gasteiger partial charge < -0.3 is 14.8 Å². The number of piperidine rings is 1. The summed E-state index contributed by atoms with van der Waals surface area (Å²) < 4.78 is 0. The fourth-order valence-corrected chi connectivity index (χ4v) is 2.66. The van der Waals surface area contributed by atoms with Gasteiger partial charge in [-0.1, -0.05) is 11.6 Å². The van der Waals surface area contributed by atoms with Crippen LogP contribution < -0.4 is 10.5 Å². The zero-order chi connectivity index (χ0) is 13.1. The Bertz CT molecular complexity index is 452. The van der Waals surface area contributed by atoms with Crippen LogP contribution in [0.1, 0.15) is 12.8 Å². The number of aromatic amines is 1. The first kappa shape index (κ1) is 13.4. The van der Waals surface area contributed by atoms with E-state index in [1.54, 1.807) is 0 Å². The van der Waals surface area contributed by atoms with Crippen LogP contribution in [0.25, 0.3) is 0 Å². The minimum atomic E-state index is -0.267. The van der Waals surface area contributed by atoms with Gasteiger partial charge in [0.25, 0.3) is 5.56 Å². The fraction of sp³-hybridized carbons (Fsp3) is 0.667. The molecule has 2 rings (SSSR count). The van der Waals surface area contributed by atoms with Crippen LogP contribution in [-0.4, -0.2) is 48.6 Å². The average molecular weight is 271 g/mol. The summed E-state index contributed by atoms with van der Waals surface area (Å²) in [5.41, 5.74) is -0.267. The molecule has 6 heteroatoms. The van der Waals surface area contributed by atoms with E-state index in [1.807, 2.05) is 0 Å². The minimum absolute atomic E-state index is 0.198. The maximum atomic E-state index is 11.4. The second-order valence-corrected chi connectivity index (χ2v) is 5.44. The van der Waals surface area contributed by atoms with Crippen LogP contribution in [0.5, 0.6) is 0 Å². The van der Waals surface area contributed by atoms with Crippen molar-refractivity contribution in [2.75, 3.05) is 38.6 Å². The standard InChI is InChI=1S/C12H19ClN4O/c1-16(2)7-9-3-5-17(6-4-9)11-10(13)12(18)15-8-14-11/h8-9H,3-7H2,1-2H3,(H,14,15,18). The van der Waals surface area contributed by atoms with Crippen LogP contribution in [-0.2, 0) is 0 Å². The van der Waals surface area contributed by atoms with E-state index < -0.39 is 0 Å². The predicted octanol–water partition coefficient (Wildman–Crippen LogP) is 1.20. The van der Waals surface area contributed by atoms with Crippen LogP contribution >= 0.6 is 11.6 Å². The molecule has 2 heterocycles. The number of halogens is 1. The molecule has 18 heavy (non-hydrogen) atoms. The smallest absolute Gasteiger partial charge is 0.271 e. The Morgan fingerprint density at radius 2 is 2.17 bits per heavy atom. The molecule has 0 spiro atoms. The van der Waals surface area contributed by atoms with E-state index in [4.69, 9.17) is 11.6 Å². The number of anilines is 1. The van der Waals surface area contributed by atoms with Gasteiger partial charge in [0.2, 0.25) is 0 Å². The number of aromatic nitrogens is 2. The molecule has 0 bridgehead atoms. The van der Waals surface area contributed by atoms with Crippen LogP contribution in [0.15, 0.2) is 11.1 Å². The number of hydrogen-bond donors (Lipinski definition) is 1. The summed E-state index contributed by atoms with van der Waals surface area (Å²) >= 11 is 5.99. The molecule has 0 unspecified atom stereocenters. The molecule has 1 aromatic rings. The summed E-state index contributed by atoms with van der Waals surface area (Å²) in [5, 5.41) is 0.198. The second-order valence-electron chi connectivity index (χ2n) is 5.06. The van der Waals surface area contributed by atoms with Crippen molar-refractivity contribution in [3.05, 3.63) is 21.7 Å². The first-order valence-electron chi connectivity index (χ1n) is 6.21. The van der Waals surface area contributed by atoms with E-state index in [0.29, 0.717) is 5.82 Å². The Morgan fingerprint density at radius 3 is 2.78 bits per heavy atom. The second kappa shape index (κ2) is 5.71. The van der Waals surface area contributed by atoms with Crippen molar-refractivity contribution in [3.8, 4) is 0 Å². The van der Waals surface area contributed by atoms with Crippen LogP contribution in [0.2, 0.25) is 5.02 Å². The summed E-state index contributed by atoms with van der Waals surface area (Å²) in [6.07, 6.45) is 3.64. The largest absolute Gasteiger partial charge is 0.355 e. The van der Waals surface area contributed by atoms with Gasteiger partial charge in [0, 0.05) is 19.6 Å². The van der Waals surface area contributed by atoms with Gasteiger partial charge in [0.15, 0.2) is 5.82 Å². The monoisotopic (exact) mass is 270 g/mol. The lowest BCUT2D eigenvalue weighted by Gasteiger charge is -2.34. The summed E-state index contributed by atoms with van der Waals surface area (Å²) in [6, 6.07) is 0. The quantitative estimate of drug-likeness (QED) is 0.897. The number of nitrogens with zero attached hydrogens (tertiary/aromatic N) is 3. The molecular weight excluding hydrogens is 252 g/mol. The Balaban J connectivity index is 2.01. The topological polar surface area (TPSA) is 52.2 Å². The first-order valence-corrected chi connectivity index (χ1v) is 6.58. The molecule has 1 N–H and O–H groups in total. The number of rotatable bonds is 3. The zero-order valence-electron chi connectivity index (χ0n) is 10.8. The van der Waals surface area contributed by atoms with Crippen molar-refractivity contribution in [1.82, 2.24) is 14.9 Å². The lowest BCUT2D eigenvalue weighted by Crippen LogP contribution is -2.38. The van der Waals surface area contributed by atoms with Gasteiger partial charge in [-0.25, -0.2) is 4.98 Å². The van der Waals surface area contributed by atoms with E-state index in [0.717, 1.165) is 38.4 Å². The summed E-state index contributed by atoms with van der Waals surface area (Å²) in [7, 11) is 4.20. The molecule has 0 atom stereocenters. The normalized spacial score (nSPS) is 17.4. The SMILES string of the molecule is CN(C)CC1CCN(c2nc[nH]c(=O)c2Cl)CC1. The molecule has 1 aromatic heterocycles. The molecule has 5 nitrogen and oxygen atoms in total. The lowest BCUT2D eigenvalue weighted by molar-refractivity contribution is 0.284. The molecule has 1 aliphatic heterocycles. The van der Waals surface area contributed by atoms with Crippen molar-refractivity contribution in [3.63, 3.8) is 0 Å². The number of H-pyrrole nitrogens is 1. The number of nitrogens with one attached hydrogen (secondary N) is 1. The van der Waals surface area contributed by atoms with Crippen LogP contribution in [0, 0.1) is 5.92 Å². The van der Waals surface area contributed by atoms with Gasteiger partial charge in [0.1, 0.15) is 5.02 Å². The maximum absolute atomic E-state index is 11.4. The van der Waals surface area contributed by atoms with E-state index in [1.165, 1.54) is 6.33 Å². The summed E-state index contributed by atoms with van der Waals surface area (Å²) in [5.74, 6) is 1.33. The van der Waals surface area contributed by atoms with E-state index in [-0.39, 0.29) is 10.6 Å².